The molecule has 1 aromatic carbocycles. The molecule has 1 atom stereocenters. The zero-order chi connectivity index (χ0) is 22.4. The minimum atomic E-state index is -4.49. The normalized spacial score (nSPS) is 28.9. The standard InChI is InChI=1S/C24H28F3N3O/c1-16-13-20(24(25,26)27)28-15-19(16)18-14-22(29-21(18)31)9-11-23(12-10-22,30(2)3)17-7-5-4-6-8-17/h4-8,13,15,18H,9-12,14H2,1-3H3,(H,29,31). The molecule has 1 aromatic heterocycles. The number of amides is 1. The quantitative estimate of drug-likeness (QED) is 0.761. The van der Waals surface area contributed by atoms with E-state index in [1.165, 1.54) is 11.8 Å². The molecule has 2 aromatic rings. The van der Waals surface area contributed by atoms with Crippen LogP contribution in [0.25, 0.3) is 0 Å². The van der Waals surface area contributed by atoms with Crippen molar-refractivity contribution in [3.63, 3.8) is 0 Å². The van der Waals surface area contributed by atoms with E-state index in [1.807, 2.05) is 6.07 Å². The first kappa shape index (κ1) is 21.8. The Hall–Kier alpha value is -2.41. The molecule has 0 radical (unpaired) electrons. The van der Waals surface area contributed by atoms with E-state index in [0.717, 1.165) is 31.7 Å². The molecular formula is C24H28F3N3O. The largest absolute Gasteiger partial charge is 0.433 e. The number of pyridine rings is 1. The van der Waals surface area contributed by atoms with Crippen LogP contribution in [0.1, 0.15) is 60.4 Å². The van der Waals surface area contributed by atoms with Crippen molar-refractivity contribution < 1.29 is 18.0 Å². The number of benzene rings is 1. The number of carbonyl (C=O) groups is 1. The molecule has 0 bridgehead atoms. The number of carbonyl (C=O) groups excluding carboxylic acids is 1. The maximum atomic E-state index is 13.0. The molecule has 31 heavy (non-hydrogen) atoms. The second-order valence-corrected chi connectivity index (χ2v) is 9.24. The van der Waals surface area contributed by atoms with Gasteiger partial charge in [-0.15, -0.1) is 0 Å². The highest BCUT2D eigenvalue weighted by Gasteiger charge is 2.51. The molecule has 1 aliphatic carbocycles. The summed E-state index contributed by atoms with van der Waals surface area (Å²) in [5, 5.41) is 3.21. The summed E-state index contributed by atoms with van der Waals surface area (Å²) in [6, 6.07) is 11.5. The minimum absolute atomic E-state index is 0.0822. The summed E-state index contributed by atoms with van der Waals surface area (Å²) in [5.74, 6) is -0.569. The van der Waals surface area contributed by atoms with E-state index in [-0.39, 0.29) is 17.0 Å². The van der Waals surface area contributed by atoms with Crippen LogP contribution in [-0.4, -0.2) is 35.4 Å². The molecule has 1 saturated heterocycles. The minimum Gasteiger partial charge on any atom is -0.350 e. The second kappa shape index (κ2) is 7.62. The lowest BCUT2D eigenvalue weighted by Crippen LogP contribution is -2.52. The lowest BCUT2D eigenvalue weighted by Gasteiger charge is -2.49. The number of aromatic nitrogens is 1. The van der Waals surface area contributed by atoms with Crippen LogP contribution in [-0.2, 0) is 16.5 Å². The molecule has 7 heteroatoms. The summed E-state index contributed by atoms with van der Waals surface area (Å²) in [4.78, 5) is 18.7. The maximum Gasteiger partial charge on any atom is 0.433 e. The Balaban J connectivity index is 1.55. The summed E-state index contributed by atoms with van der Waals surface area (Å²) in [5.41, 5.74) is 1.01. The van der Waals surface area contributed by atoms with Gasteiger partial charge in [0.05, 0.1) is 5.92 Å². The predicted molar refractivity (Wildman–Crippen MR) is 112 cm³/mol. The highest BCUT2D eigenvalue weighted by Crippen LogP contribution is 2.49. The van der Waals surface area contributed by atoms with E-state index in [9.17, 15) is 18.0 Å². The van der Waals surface area contributed by atoms with Gasteiger partial charge in [-0.05, 0) is 75.9 Å². The summed E-state index contributed by atoms with van der Waals surface area (Å²) in [6.45, 7) is 1.62. The van der Waals surface area contributed by atoms with Gasteiger partial charge in [-0.2, -0.15) is 13.2 Å². The van der Waals surface area contributed by atoms with Crippen LogP contribution < -0.4 is 5.32 Å². The molecule has 1 N–H and O–H groups in total. The van der Waals surface area contributed by atoms with Crippen molar-refractivity contribution in [2.45, 2.75) is 62.2 Å². The van der Waals surface area contributed by atoms with Crippen LogP contribution in [0.5, 0.6) is 0 Å². The van der Waals surface area contributed by atoms with E-state index in [2.05, 4.69) is 53.6 Å². The number of hydrogen-bond acceptors (Lipinski definition) is 3. The molecule has 2 aliphatic rings. The van der Waals surface area contributed by atoms with Crippen LogP contribution in [0.15, 0.2) is 42.6 Å². The SMILES string of the molecule is Cc1cc(C(F)(F)F)ncc1C1CC2(CCC(c3ccccc3)(N(C)C)CC2)NC1=O. The lowest BCUT2D eigenvalue weighted by atomic mass is 9.67. The highest BCUT2D eigenvalue weighted by molar-refractivity contribution is 5.87. The van der Waals surface area contributed by atoms with Crippen molar-refractivity contribution >= 4 is 5.91 Å². The predicted octanol–water partition coefficient (Wildman–Crippen LogP) is 4.78. The van der Waals surface area contributed by atoms with Gasteiger partial charge in [0, 0.05) is 17.3 Å². The first-order valence-electron chi connectivity index (χ1n) is 10.7. The van der Waals surface area contributed by atoms with Crippen LogP contribution in [0, 0.1) is 6.92 Å². The van der Waals surface area contributed by atoms with Crippen molar-refractivity contribution in [2.75, 3.05) is 14.1 Å². The van der Waals surface area contributed by atoms with E-state index in [1.54, 1.807) is 6.92 Å². The first-order valence-corrected chi connectivity index (χ1v) is 10.7. The molecule has 2 fully saturated rings. The van der Waals surface area contributed by atoms with Gasteiger partial charge in [0.25, 0.3) is 0 Å². The molecule has 1 saturated carbocycles. The van der Waals surface area contributed by atoms with Gasteiger partial charge in [-0.1, -0.05) is 30.3 Å². The number of hydrogen-bond donors (Lipinski definition) is 1. The number of nitrogens with zero attached hydrogens (tertiary/aromatic N) is 2. The van der Waals surface area contributed by atoms with Crippen LogP contribution in [0.4, 0.5) is 13.2 Å². The van der Waals surface area contributed by atoms with Gasteiger partial charge in [0.1, 0.15) is 5.69 Å². The summed E-state index contributed by atoms with van der Waals surface area (Å²) < 4.78 is 38.9. The fraction of sp³-hybridized carbons (Fsp3) is 0.500. The molecule has 1 unspecified atom stereocenters. The van der Waals surface area contributed by atoms with Crippen molar-refractivity contribution in [1.29, 1.82) is 0 Å². The van der Waals surface area contributed by atoms with Gasteiger partial charge in [0.15, 0.2) is 0 Å². The number of halogens is 3. The summed E-state index contributed by atoms with van der Waals surface area (Å²) in [7, 11) is 4.19. The fourth-order valence-electron chi connectivity index (χ4n) is 5.43. The van der Waals surface area contributed by atoms with Crippen LogP contribution in [0.2, 0.25) is 0 Å². The van der Waals surface area contributed by atoms with Gasteiger partial charge in [-0.3, -0.25) is 14.7 Å². The van der Waals surface area contributed by atoms with Crippen LogP contribution >= 0.6 is 0 Å². The third-order valence-electron chi connectivity index (χ3n) is 7.32. The molecular weight excluding hydrogens is 403 g/mol. The van der Waals surface area contributed by atoms with Crippen LogP contribution in [0.3, 0.4) is 0 Å². The average Bonchev–Trinajstić information content (AvgIpc) is 3.04. The van der Waals surface area contributed by atoms with Gasteiger partial charge in [0.2, 0.25) is 5.91 Å². The molecule has 1 spiro atoms. The molecule has 2 heterocycles. The Morgan fingerprint density at radius 1 is 1.10 bits per heavy atom. The van der Waals surface area contributed by atoms with Gasteiger partial charge in [-0.25, -0.2) is 0 Å². The lowest BCUT2D eigenvalue weighted by molar-refractivity contribution is -0.141. The summed E-state index contributed by atoms with van der Waals surface area (Å²) >= 11 is 0. The van der Waals surface area contributed by atoms with Gasteiger partial charge >= 0.3 is 6.18 Å². The summed E-state index contributed by atoms with van der Waals surface area (Å²) in [6.07, 6.45) is 0.808. The highest BCUT2D eigenvalue weighted by atomic mass is 19.4. The topological polar surface area (TPSA) is 45.2 Å². The zero-order valence-corrected chi connectivity index (χ0v) is 18.1. The smallest absolute Gasteiger partial charge is 0.350 e. The number of nitrogens with one attached hydrogen (secondary N) is 1. The Kier molecular flexibility index (Phi) is 5.36. The Morgan fingerprint density at radius 3 is 2.29 bits per heavy atom. The Labute approximate surface area is 180 Å². The van der Waals surface area contributed by atoms with Crippen molar-refractivity contribution in [3.8, 4) is 0 Å². The van der Waals surface area contributed by atoms with E-state index in [4.69, 9.17) is 0 Å². The van der Waals surface area contributed by atoms with Crippen molar-refractivity contribution in [1.82, 2.24) is 15.2 Å². The van der Waals surface area contributed by atoms with Gasteiger partial charge < -0.3 is 5.32 Å². The Morgan fingerprint density at radius 2 is 1.74 bits per heavy atom. The second-order valence-electron chi connectivity index (χ2n) is 9.24. The van der Waals surface area contributed by atoms with Crippen molar-refractivity contribution in [3.05, 3.63) is 65.0 Å². The Bertz CT molecular complexity index is 964. The number of aryl methyl sites for hydroxylation is 1. The molecule has 4 rings (SSSR count). The monoisotopic (exact) mass is 431 g/mol. The zero-order valence-electron chi connectivity index (χ0n) is 18.1. The van der Waals surface area contributed by atoms with E-state index >= 15 is 0 Å². The van der Waals surface area contributed by atoms with E-state index in [0.29, 0.717) is 17.5 Å². The number of alkyl halides is 3. The third-order valence-corrected chi connectivity index (χ3v) is 7.32. The average molecular weight is 432 g/mol. The molecule has 1 aliphatic heterocycles. The number of rotatable bonds is 3. The maximum absolute atomic E-state index is 13.0. The molecule has 1 amide bonds. The molecule has 4 nitrogen and oxygen atoms in total. The van der Waals surface area contributed by atoms with Crippen molar-refractivity contribution in [2.24, 2.45) is 0 Å². The fourth-order valence-corrected chi connectivity index (χ4v) is 5.43. The van der Waals surface area contributed by atoms with E-state index < -0.39 is 17.8 Å². The molecule has 166 valence electrons. The first-order chi connectivity index (χ1) is 14.6. The third kappa shape index (κ3) is 3.84.